The largest absolute Gasteiger partial charge is 0.494 e. The van der Waals surface area contributed by atoms with E-state index in [0.29, 0.717) is 12.3 Å². The van der Waals surface area contributed by atoms with Crippen molar-refractivity contribution in [2.75, 3.05) is 30.2 Å². The number of anilines is 1. The van der Waals surface area contributed by atoms with Crippen molar-refractivity contribution >= 4 is 15.7 Å². The van der Waals surface area contributed by atoms with Crippen LogP contribution in [0.2, 0.25) is 0 Å². The first-order chi connectivity index (χ1) is 10.1. The van der Waals surface area contributed by atoms with E-state index in [9.17, 15) is 8.42 Å². The maximum absolute atomic E-state index is 12.2. The molecule has 1 saturated heterocycles. The van der Waals surface area contributed by atoms with Crippen molar-refractivity contribution in [3.8, 4) is 5.75 Å². The molecule has 1 aliphatic rings. The molecule has 2 N–H and O–H groups in total. The van der Waals surface area contributed by atoms with Crippen molar-refractivity contribution in [3.63, 3.8) is 0 Å². The summed E-state index contributed by atoms with van der Waals surface area (Å²) in [6.07, 6.45) is 2.96. The maximum atomic E-state index is 12.2. The van der Waals surface area contributed by atoms with Crippen LogP contribution in [0.15, 0.2) is 24.3 Å². The molecule has 0 amide bonds. The van der Waals surface area contributed by atoms with E-state index in [1.165, 1.54) is 0 Å². The molecule has 5 nitrogen and oxygen atoms in total. The van der Waals surface area contributed by atoms with Crippen LogP contribution in [0, 0.1) is 5.92 Å². The Labute approximate surface area is 127 Å². The van der Waals surface area contributed by atoms with Gasteiger partial charge in [0.1, 0.15) is 5.75 Å². The molecule has 0 aromatic heterocycles. The van der Waals surface area contributed by atoms with Crippen molar-refractivity contribution in [1.29, 1.82) is 0 Å². The number of hydrogen-bond acceptors (Lipinski definition) is 4. The molecule has 0 saturated carbocycles. The molecular formula is C15H24N2O3S. The summed E-state index contributed by atoms with van der Waals surface area (Å²) in [4.78, 5) is 0. The van der Waals surface area contributed by atoms with Gasteiger partial charge in [-0.1, -0.05) is 6.92 Å². The Morgan fingerprint density at radius 2 is 2.10 bits per heavy atom. The second-order valence-electron chi connectivity index (χ2n) is 5.47. The first-order valence-corrected chi connectivity index (χ1v) is 9.18. The number of sulfonamides is 1. The molecule has 0 aliphatic carbocycles. The minimum absolute atomic E-state index is 0.175. The quantitative estimate of drug-likeness (QED) is 0.810. The van der Waals surface area contributed by atoms with Gasteiger partial charge < -0.3 is 10.1 Å². The summed E-state index contributed by atoms with van der Waals surface area (Å²) in [6.45, 7) is 4.48. The van der Waals surface area contributed by atoms with Crippen molar-refractivity contribution in [2.24, 2.45) is 5.92 Å². The first kappa shape index (κ1) is 16.1. The van der Waals surface area contributed by atoms with Crippen LogP contribution in [-0.2, 0) is 10.0 Å². The predicted molar refractivity (Wildman–Crippen MR) is 85.2 cm³/mol. The summed E-state index contributed by atoms with van der Waals surface area (Å²) in [6, 6.07) is 7.05. The highest BCUT2D eigenvalue weighted by Crippen LogP contribution is 2.19. The zero-order chi connectivity index (χ0) is 15.1. The summed E-state index contributed by atoms with van der Waals surface area (Å²) in [5.41, 5.74) is 0.586. The fraction of sp³-hybridized carbons (Fsp3) is 0.600. The molecule has 1 aromatic carbocycles. The van der Waals surface area contributed by atoms with Gasteiger partial charge in [-0.25, -0.2) is 8.42 Å². The number of nitrogens with one attached hydrogen (secondary N) is 2. The van der Waals surface area contributed by atoms with E-state index in [0.717, 1.165) is 38.1 Å². The topological polar surface area (TPSA) is 67.4 Å². The molecule has 1 aliphatic heterocycles. The normalized spacial score (nSPS) is 19.2. The van der Waals surface area contributed by atoms with E-state index in [-0.39, 0.29) is 11.7 Å². The second-order valence-corrected chi connectivity index (χ2v) is 7.24. The molecule has 6 heteroatoms. The molecule has 0 spiro atoms. The molecule has 21 heavy (non-hydrogen) atoms. The van der Waals surface area contributed by atoms with Crippen LogP contribution in [0.1, 0.15) is 26.2 Å². The number of benzene rings is 1. The summed E-state index contributed by atoms with van der Waals surface area (Å²) in [5.74, 6) is 1.13. The lowest BCUT2D eigenvalue weighted by molar-refractivity contribution is 0.317. The Balaban J connectivity index is 1.89. The van der Waals surface area contributed by atoms with Gasteiger partial charge in [-0.3, -0.25) is 4.72 Å². The van der Waals surface area contributed by atoms with Crippen LogP contribution < -0.4 is 14.8 Å². The Bertz CT molecular complexity index is 522. The molecule has 1 aromatic rings. The third-order valence-corrected chi connectivity index (χ3v) is 4.91. The minimum Gasteiger partial charge on any atom is -0.494 e. The maximum Gasteiger partial charge on any atom is 0.233 e. The lowest BCUT2D eigenvalue weighted by Gasteiger charge is -2.22. The average Bonchev–Trinajstić information content (AvgIpc) is 2.47. The number of piperidine rings is 1. The number of hydrogen-bond donors (Lipinski definition) is 2. The van der Waals surface area contributed by atoms with Crippen LogP contribution >= 0.6 is 0 Å². The molecule has 118 valence electrons. The highest BCUT2D eigenvalue weighted by atomic mass is 32.2. The van der Waals surface area contributed by atoms with Crippen molar-refractivity contribution in [3.05, 3.63) is 24.3 Å². The lowest BCUT2D eigenvalue weighted by atomic mass is 10.0. The average molecular weight is 312 g/mol. The molecule has 0 bridgehead atoms. The standard InChI is InChI=1S/C15H24N2O3S/c1-2-10-20-15-7-5-14(6-8-15)17-21(18,19)12-13-4-3-9-16-11-13/h5-8,13,16-17H,2-4,9-12H2,1H3. The van der Waals surface area contributed by atoms with Crippen LogP contribution in [0.4, 0.5) is 5.69 Å². The molecule has 1 unspecified atom stereocenters. The monoisotopic (exact) mass is 312 g/mol. The smallest absolute Gasteiger partial charge is 0.233 e. The van der Waals surface area contributed by atoms with Gasteiger partial charge in [0.25, 0.3) is 0 Å². The van der Waals surface area contributed by atoms with Crippen LogP contribution in [0.5, 0.6) is 5.75 Å². The number of ether oxygens (including phenoxy) is 1. The molecule has 1 atom stereocenters. The molecule has 0 radical (unpaired) electrons. The zero-order valence-corrected chi connectivity index (χ0v) is 13.3. The van der Waals surface area contributed by atoms with Crippen LogP contribution in [0.25, 0.3) is 0 Å². The molecule has 1 fully saturated rings. The first-order valence-electron chi connectivity index (χ1n) is 7.53. The predicted octanol–water partition coefficient (Wildman–Crippen LogP) is 2.22. The molecule has 2 rings (SSSR count). The van der Waals surface area contributed by atoms with E-state index in [2.05, 4.69) is 10.0 Å². The Morgan fingerprint density at radius 3 is 2.71 bits per heavy atom. The van der Waals surface area contributed by atoms with Gasteiger partial charge >= 0.3 is 0 Å². The van der Waals surface area contributed by atoms with Gasteiger partial charge in [-0.05, 0) is 62.5 Å². The van der Waals surface area contributed by atoms with Crippen LogP contribution in [0.3, 0.4) is 0 Å². The van der Waals surface area contributed by atoms with E-state index < -0.39 is 10.0 Å². The zero-order valence-electron chi connectivity index (χ0n) is 12.5. The number of rotatable bonds is 7. The third kappa shape index (κ3) is 5.55. The Hall–Kier alpha value is -1.27. The van der Waals surface area contributed by atoms with Gasteiger partial charge in [-0.2, -0.15) is 0 Å². The Kier molecular flexibility index (Phi) is 5.87. The van der Waals surface area contributed by atoms with Gasteiger partial charge in [0.2, 0.25) is 10.0 Å². The SMILES string of the molecule is CCCOc1ccc(NS(=O)(=O)CC2CCCNC2)cc1. The van der Waals surface area contributed by atoms with Crippen molar-refractivity contribution in [2.45, 2.75) is 26.2 Å². The fourth-order valence-electron chi connectivity index (χ4n) is 2.44. The van der Waals surface area contributed by atoms with E-state index in [4.69, 9.17) is 4.74 Å². The molecular weight excluding hydrogens is 288 g/mol. The van der Waals surface area contributed by atoms with Gasteiger partial charge in [0.15, 0.2) is 0 Å². The van der Waals surface area contributed by atoms with Crippen LogP contribution in [-0.4, -0.2) is 33.9 Å². The van der Waals surface area contributed by atoms with E-state index >= 15 is 0 Å². The summed E-state index contributed by atoms with van der Waals surface area (Å²) in [5, 5.41) is 3.24. The summed E-state index contributed by atoms with van der Waals surface area (Å²) >= 11 is 0. The highest BCUT2D eigenvalue weighted by molar-refractivity contribution is 7.92. The summed E-state index contributed by atoms with van der Waals surface area (Å²) in [7, 11) is -3.29. The van der Waals surface area contributed by atoms with E-state index in [1.54, 1.807) is 24.3 Å². The minimum atomic E-state index is -3.29. The second kappa shape index (κ2) is 7.66. The van der Waals surface area contributed by atoms with Gasteiger partial charge in [0, 0.05) is 5.69 Å². The third-order valence-electron chi connectivity index (χ3n) is 3.45. The molecule has 1 heterocycles. The summed E-state index contributed by atoms with van der Waals surface area (Å²) < 4.78 is 32.4. The fourth-order valence-corrected chi connectivity index (χ4v) is 3.92. The lowest BCUT2D eigenvalue weighted by Crippen LogP contribution is -2.35. The van der Waals surface area contributed by atoms with Crippen molar-refractivity contribution < 1.29 is 13.2 Å². The van der Waals surface area contributed by atoms with Crippen molar-refractivity contribution in [1.82, 2.24) is 5.32 Å². The van der Waals surface area contributed by atoms with Gasteiger partial charge in [-0.15, -0.1) is 0 Å². The Morgan fingerprint density at radius 1 is 1.33 bits per heavy atom. The van der Waals surface area contributed by atoms with Gasteiger partial charge in [0.05, 0.1) is 12.4 Å². The highest BCUT2D eigenvalue weighted by Gasteiger charge is 2.21. The van der Waals surface area contributed by atoms with E-state index in [1.807, 2.05) is 6.92 Å².